The van der Waals surface area contributed by atoms with E-state index in [1.54, 1.807) is 0 Å². The third kappa shape index (κ3) is 5.39. The van der Waals surface area contributed by atoms with Crippen LogP contribution in [0.5, 0.6) is 0 Å². The molecule has 2 nitrogen and oxygen atoms in total. The first kappa shape index (κ1) is 35.6. The second kappa shape index (κ2) is 8.80. The van der Waals surface area contributed by atoms with Gasteiger partial charge in [-0.2, -0.15) is 79.0 Å². The maximum Gasteiger partial charge on any atom is 0.458 e. The normalized spacial score (nSPS) is 16.9. The van der Waals surface area contributed by atoms with Crippen LogP contribution in [0.3, 0.4) is 0 Å². The zero-order chi connectivity index (χ0) is 30.9. The summed E-state index contributed by atoms with van der Waals surface area (Å²) >= 11 is 0. The van der Waals surface area contributed by atoms with Crippen molar-refractivity contribution in [3.63, 3.8) is 0 Å². The third-order valence-electron chi connectivity index (χ3n) is 4.30. The molecule has 0 aliphatic heterocycles. The SMILES string of the molecule is C[Si](C)(C(F)(F)C(F)(F)OC(F)(C(F)(F)F)C(F)(F)F)C(F)(F)C(F)(F)OC(F)(C(F)(F)F)C(F)(F)F. The molecule has 0 aromatic heterocycles. The standard InChI is InChI=1S/C12H6F22O2Si/c1-37(2,11(31,32)9(27,28)35-3(13,5(15,16)17)6(18,19)20)12(33,34)10(29,30)36-4(14,7(21,22)23)8(24,25)26/h1-2H3. The van der Waals surface area contributed by atoms with Gasteiger partial charge in [0.05, 0.1) is 0 Å². The summed E-state index contributed by atoms with van der Waals surface area (Å²) < 4.78 is 288. The van der Waals surface area contributed by atoms with Crippen LogP contribution in [-0.2, 0) is 9.47 Å². The molecule has 0 aromatic carbocycles. The van der Waals surface area contributed by atoms with Gasteiger partial charge in [-0.25, -0.2) is 17.6 Å². The van der Waals surface area contributed by atoms with Gasteiger partial charge in [0.15, 0.2) is 0 Å². The van der Waals surface area contributed by atoms with Crippen LogP contribution in [0, 0.1) is 0 Å². The van der Waals surface area contributed by atoms with E-state index in [2.05, 4.69) is 0 Å². The highest BCUT2D eigenvalue weighted by atomic mass is 28.3. The van der Waals surface area contributed by atoms with E-state index in [1.807, 2.05) is 0 Å². The van der Waals surface area contributed by atoms with Gasteiger partial charge in [-0.3, -0.25) is 9.47 Å². The van der Waals surface area contributed by atoms with Gasteiger partial charge in [0.25, 0.3) is 0 Å². The fourth-order valence-corrected chi connectivity index (χ4v) is 3.91. The molecule has 0 heterocycles. The Morgan fingerprint density at radius 3 is 0.649 bits per heavy atom. The Morgan fingerprint density at radius 1 is 0.351 bits per heavy atom. The first-order valence-electron chi connectivity index (χ1n) is 7.97. The van der Waals surface area contributed by atoms with Crippen molar-refractivity contribution in [2.75, 3.05) is 0 Å². The number of alkyl halides is 22. The molecule has 25 heteroatoms. The molecule has 0 spiro atoms. The summed E-state index contributed by atoms with van der Waals surface area (Å²) in [5, 5.41) is 0. The average Bonchev–Trinajstić information content (AvgIpc) is 2.56. The third-order valence-corrected chi connectivity index (χ3v) is 8.02. The van der Waals surface area contributed by atoms with Crippen molar-refractivity contribution in [1.82, 2.24) is 0 Å². The molecule has 0 N–H and O–H groups in total. The summed E-state index contributed by atoms with van der Waals surface area (Å²) in [6, 6.07) is 0. The molecule has 0 aliphatic rings. The largest absolute Gasteiger partial charge is 0.458 e. The Labute approximate surface area is 188 Å². The minimum Gasteiger partial charge on any atom is -0.263 e. The van der Waals surface area contributed by atoms with E-state index >= 15 is 0 Å². The van der Waals surface area contributed by atoms with E-state index in [9.17, 15) is 96.6 Å². The summed E-state index contributed by atoms with van der Waals surface area (Å²) in [4.78, 5) is 0. The number of ether oxygens (including phenoxy) is 2. The second-order valence-corrected chi connectivity index (χ2v) is 11.7. The van der Waals surface area contributed by atoms with E-state index < -0.39 is 80.9 Å². The monoisotopic (exact) mass is 628 g/mol. The van der Waals surface area contributed by atoms with Crippen molar-refractivity contribution in [3.05, 3.63) is 0 Å². The molecule has 0 amide bonds. The van der Waals surface area contributed by atoms with Crippen molar-refractivity contribution in [1.29, 1.82) is 0 Å². The van der Waals surface area contributed by atoms with E-state index in [0.29, 0.717) is 0 Å². The molecule has 0 rings (SSSR count). The fraction of sp³-hybridized carbons (Fsp3) is 1.00. The Hall–Kier alpha value is -1.40. The van der Waals surface area contributed by atoms with E-state index in [1.165, 1.54) is 9.47 Å². The molecular weight excluding hydrogens is 622 g/mol. The minimum absolute atomic E-state index is 1.26. The van der Waals surface area contributed by atoms with Gasteiger partial charge in [-0.05, 0) is 0 Å². The van der Waals surface area contributed by atoms with E-state index in [4.69, 9.17) is 0 Å². The van der Waals surface area contributed by atoms with Gasteiger partial charge < -0.3 is 0 Å². The Morgan fingerprint density at radius 2 is 0.514 bits per heavy atom. The summed E-state index contributed by atoms with van der Waals surface area (Å²) in [7, 11) is -8.08. The van der Waals surface area contributed by atoms with Crippen LogP contribution in [0.2, 0.25) is 13.1 Å². The van der Waals surface area contributed by atoms with Crippen LogP contribution in [0.15, 0.2) is 0 Å². The fourth-order valence-electron chi connectivity index (χ4n) is 1.96. The predicted molar refractivity (Wildman–Crippen MR) is 71.3 cm³/mol. The quantitative estimate of drug-likeness (QED) is 0.202. The number of hydrogen-bond acceptors (Lipinski definition) is 2. The molecule has 0 radical (unpaired) electrons. The van der Waals surface area contributed by atoms with E-state index in [0.717, 1.165) is 0 Å². The topological polar surface area (TPSA) is 18.5 Å². The molecule has 0 unspecified atom stereocenters. The van der Waals surface area contributed by atoms with Crippen molar-refractivity contribution in [2.45, 2.75) is 72.8 Å². The van der Waals surface area contributed by atoms with Crippen LogP contribution in [-0.4, -0.2) is 67.8 Å². The number of rotatable bonds is 8. The van der Waals surface area contributed by atoms with Crippen molar-refractivity contribution in [3.8, 4) is 0 Å². The smallest absolute Gasteiger partial charge is 0.263 e. The lowest BCUT2D eigenvalue weighted by molar-refractivity contribution is -0.502. The first-order valence-corrected chi connectivity index (χ1v) is 11.0. The molecule has 0 atom stereocenters. The molecule has 0 fully saturated rings. The summed E-state index contributed by atoms with van der Waals surface area (Å²) in [6.45, 7) is -2.52. The van der Waals surface area contributed by atoms with Gasteiger partial charge in [0.1, 0.15) is 0 Å². The lowest BCUT2D eigenvalue weighted by atomic mass is 10.3. The van der Waals surface area contributed by atoms with Gasteiger partial charge in [0.2, 0.25) is 8.07 Å². The van der Waals surface area contributed by atoms with E-state index in [-0.39, 0.29) is 0 Å². The lowest BCUT2D eigenvalue weighted by Gasteiger charge is -2.45. The summed E-state index contributed by atoms with van der Waals surface area (Å²) in [5.74, 6) is -15.7. The van der Waals surface area contributed by atoms with Crippen LogP contribution >= 0.6 is 0 Å². The average molecular weight is 628 g/mol. The van der Waals surface area contributed by atoms with Gasteiger partial charge in [0, 0.05) is 0 Å². The van der Waals surface area contributed by atoms with Crippen molar-refractivity contribution in [2.24, 2.45) is 0 Å². The second-order valence-electron chi connectivity index (χ2n) is 7.19. The highest BCUT2D eigenvalue weighted by molar-refractivity contribution is 6.82. The molecular formula is C12H6F22O2Si. The van der Waals surface area contributed by atoms with Gasteiger partial charge >= 0.3 is 59.7 Å². The molecule has 0 saturated carbocycles. The molecule has 0 bridgehead atoms. The predicted octanol–water partition coefficient (Wildman–Crippen LogP) is 7.84. The molecule has 224 valence electrons. The zero-order valence-corrected chi connectivity index (χ0v) is 17.6. The van der Waals surface area contributed by atoms with Crippen molar-refractivity contribution >= 4 is 8.07 Å². The Kier molecular flexibility index (Phi) is 8.47. The maximum absolute atomic E-state index is 14.1. The molecule has 0 aliphatic carbocycles. The highest BCUT2D eigenvalue weighted by Gasteiger charge is 2.88. The van der Waals surface area contributed by atoms with Crippen LogP contribution < -0.4 is 0 Å². The van der Waals surface area contributed by atoms with Crippen LogP contribution in [0.1, 0.15) is 0 Å². The number of hydrogen-bond donors (Lipinski definition) is 0. The minimum atomic E-state index is -8.08. The first-order chi connectivity index (χ1) is 15.4. The molecule has 0 aromatic rings. The molecule has 0 saturated heterocycles. The van der Waals surface area contributed by atoms with Crippen molar-refractivity contribution < 1.29 is 106 Å². The zero-order valence-electron chi connectivity index (χ0n) is 16.6. The number of halogens is 22. The highest BCUT2D eigenvalue weighted by Crippen LogP contribution is 2.59. The molecule has 37 heavy (non-hydrogen) atoms. The van der Waals surface area contributed by atoms with Crippen LogP contribution in [0.25, 0.3) is 0 Å². The Balaban J connectivity index is 6.89. The summed E-state index contributed by atoms with van der Waals surface area (Å²) in [5.41, 5.74) is -15.1. The van der Waals surface area contributed by atoms with Crippen LogP contribution in [0.4, 0.5) is 96.6 Å². The maximum atomic E-state index is 14.1. The summed E-state index contributed by atoms with van der Waals surface area (Å²) in [6.07, 6.45) is -46.7. The van der Waals surface area contributed by atoms with Gasteiger partial charge in [-0.15, -0.1) is 0 Å². The Bertz CT molecular complexity index is 721. The van der Waals surface area contributed by atoms with Gasteiger partial charge in [-0.1, -0.05) is 13.1 Å². The lowest BCUT2D eigenvalue weighted by Crippen LogP contribution is -2.76.